The number of carbonyl (C=O) groups is 1. The smallest absolute Gasteiger partial charge is 0.416 e. The number of alkyl halides is 3. The molecule has 0 saturated heterocycles. The molecule has 2 aromatic rings. The number of esters is 1. The van der Waals surface area contributed by atoms with Gasteiger partial charge in [-0.25, -0.2) is 9.78 Å². The van der Waals surface area contributed by atoms with Crippen LogP contribution in [0.4, 0.5) is 13.2 Å². The molecule has 0 N–H and O–H groups in total. The molecule has 0 amide bonds. The molecule has 7 heteroatoms. The number of hydrogen-bond donors (Lipinski definition) is 0. The minimum Gasteiger partial charge on any atom is -0.497 e. The Bertz CT molecular complexity index is 681. The standard InChI is InChI=1S/C15H12F3NO3/c1-21-11-7-12(19-13(8-11)14(20)22-2)9-3-5-10(6-4-9)15(16,17)18/h3-8H,1-2H3. The molecule has 0 bridgehead atoms. The number of carbonyl (C=O) groups excluding carboxylic acids is 1. The van der Waals surface area contributed by atoms with E-state index >= 15 is 0 Å². The highest BCUT2D eigenvalue weighted by molar-refractivity contribution is 5.88. The van der Waals surface area contributed by atoms with E-state index in [0.717, 1.165) is 12.1 Å². The quantitative estimate of drug-likeness (QED) is 0.813. The third kappa shape index (κ3) is 3.36. The number of hydrogen-bond acceptors (Lipinski definition) is 4. The van der Waals surface area contributed by atoms with Crippen LogP contribution in [0.25, 0.3) is 11.3 Å². The predicted molar refractivity (Wildman–Crippen MR) is 72.6 cm³/mol. The molecule has 2 rings (SSSR count). The summed E-state index contributed by atoms with van der Waals surface area (Å²) in [6.45, 7) is 0. The van der Waals surface area contributed by atoms with Crippen LogP contribution in [-0.4, -0.2) is 25.2 Å². The molecule has 0 radical (unpaired) electrons. The lowest BCUT2D eigenvalue weighted by Crippen LogP contribution is -2.06. The van der Waals surface area contributed by atoms with Gasteiger partial charge in [0, 0.05) is 17.7 Å². The maximum Gasteiger partial charge on any atom is 0.416 e. The van der Waals surface area contributed by atoms with Gasteiger partial charge in [0.15, 0.2) is 5.69 Å². The van der Waals surface area contributed by atoms with Gasteiger partial charge in [-0.2, -0.15) is 13.2 Å². The average molecular weight is 311 g/mol. The zero-order valence-corrected chi connectivity index (χ0v) is 11.8. The molecule has 1 heterocycles. The molecule has 4 nitrogen and oxygen atoms in total. The van der Waals surface area contributed by atoms with Gasteiger partial charge in [0.2, 0.25) is 0 Å². The predicted octanol–water partition coefficient (Wildman–Crippen LogP) is 3.56. The number of ether oxygens (including phenoxy) is 2. The highest BCUT2D eigenvalue weighted by atomic mass is 19.4. The number of rotatable bonds is 3. The molecule has 116 valence electrons. The van der Waals surface area contributed by atoms with Gasteiger partial charge in [0.1, 0.15) is 5.75 Å². The normalized spacial score (nSPS) is 11.1. The van der Waals surface area contributed by atoms with E-state index in [1.54, 1.807) is 0 Å². The van der Waals surface area contributed by atoms with E-state index in [2.05, 4.69) is 9.72 Å². The van der Waals surface area contributed by atoms with Crippen molar-refractivity contribution in [3.63, 3.8) is 0 Å². The van der Waals surface area contributed by atoms with E-state index in [9.17, 15) is 18.0 Å². The molecule has 0 spiro atoms. The summed E-state index contributed by atoms with van der Waals surface area (Å²) in [5, 5.41) is 0. The van der Waals surface area contributed by atoms with Gasteiger partial charge in [0.25, 0.3) is 0 Å². The van der Waals surface area contributed by atoms with Crippen LogP contribution in [0.5, 0.6) is 5.75 Å². The van der Waals surface area contributed by atoms with Crippen molar-refractivity contribution in [1.82, 2.24) is 4.98 Å². The highest BCUT2D eigenvalue weighted by Gasteiger charge is 2.30. The zero-order valence-electron chi connectivity index (χ0n) is 11.8. The van der Waals surface area contributed by atoms with Gasteiger partial charge < -0.3 is 9.47 Å². The van der Waals surface area contributed by atoms with Crippen LogP contribution < -0.4 is 4.74 Å². The van der Waals surface area contributed by atoms with Crippen LogP contribution in [0.2, 0.25) is 0 Å². The summed E-state index contributed by atoms with van der Waals surface area (Å²) in [6, 6.07) is 7.38. The van der Waals surface area contributed by atoms with E-state index in [1.165, 1.54) is 38.5 Å². The van der Waals surface area contributed by atoms with Crippen LogP contribution in [0.3, 0.4) is 0 Å². The first-order valence-corrected chi connectivity index (χ1v) is 6.17. The Balaban J connectivity index is 2.45. The van der Waals surface area contributed by atoms with Crippen molar-refractivity contribution >= 4 is 5.97 Å². The molecule has 22 heavy (non-hydrogen) atoms. The summed E-state index contributed by atoms with van der Waals surface area (Å²) >= 11 is 0. The summed E-state index contributed by atoms with van der Waals surface area (Å²) in [7, 11) is 2.62. The topological polar surface area (TPSA) is 48.4 Å². The Hall–Kier alpha value is -2.57. The second-order valence-electron chi connectivity index (χ2n) is 4.34. The number of benzene rings is 1. The summed E-state index contributed by atoms with van der Waals surface area (Å²) in [6.07, 6.45) is -4.41. The number of halogens is 3. The van der Waals surface area contributed by atoms with Gasteiger partial charge in [-0.1, -0.05) is 12.1 Å². The van der Waals surface area contributed by atoms with Crippen molar-refractivity contribution in [3.8, 4) is 17.0 Å². The van der Waals surface area contributed by atoms with Gasteiger partial charge in [-0.15, -0.1) is 0 Å². The van der Waals surface area contributed by atoms with Crippen LogP contribution in [0.15, 0.2) is 36.4 Å². The fourth-order valence-electron chi connectivity index (χ4n) is 1.81. The SMILES string of the molecule is COC(=O)c1cc(OC)cc(-c2ccc(C(F)(F)F)cc2)n1. The molecule has 0 fully saturated rings. The summed E-state index contributed by atoms with van der Waals surface area (Å²) in [4.78, 5) is 15.6. The number of pyridine rings is 1. The lowest BCUT2D eigenvalue weighted by atomic mass is 10.1. The first-order valence-electron chi connectivity index (χ1n) is 6.17. The van der Waals surface area contributed by atoms with Gasteiger partial charge in [-0.05, 0) is 12.1 Å². The molecular weight excluding hydrogens is 299 g/mol. The number of aromatic nitrogens is 1. The Morgan fingerprint density at radius 3 is 2.23 bits per heavy atom. The monoisotopic (exact) mass is 311 g/mol. The summed E-state index contributed by atoms with van der Waals surface area (Å²) in [5.41, 5.74) is -0.00499. The zero-order chi connectivity index (χ0) is 16.3. The van der Waals surface area contributed by atoms with Crippen LogP contribution in [-0.2, 0) is 10.9 Å². The van der Waals surface area contributed by atoms with Gasteiger partial charge in [-0.3, -0.25) is 0 Å². The maximum absolute atomic E-state index is 12.6. The van der Waals surface area contributed by atoms with Crippen LogP contribution >= 0.6 is 0 Å². The van der Waals surface area contributed by atoms with Crippen molar-refractivity contribution in [1.29, 1.82) is 0 Å². The van der Waals surface area contributed by atoms with Crippen molar-refractivity contribution in [2.75, 3.05) is 14.2 Å². The van der Waals surface area contributed by atoms with E-state index in [4.69, 9.17) is 4.74 Å². The molecule has 0 aliphatic carbocycles. The molecule has 0 aliphatic heterocycles. The van der Waals surface area contributed by atoms with Crippen molar-refractivity contribution < 1.29 is 27.4 Å². The van der Waals surface area contributed by atoms with E-state index in [-0.39, 0.29) is 5.69 Å². The molecule has 0 unspecified atom stereocenters. The van der Waals surface area contributed by atoms with Crippen molar-refractivity contribution in [2.24, 2.45) is 0 Å². The Kier molecular flexibility index (Phi) is 4.35. The maximum atomic E-state index is 12.6. The highest BCUT2D eigenvalue weighted by Crippen LogP contribution is 2.31. The lowest BCUT2D eigenvalue weighted by Gasteiger charge is -2.09. The first kappa shape index (κ1) is 15.8. The second kappa shape index (κ2) is 6.05. The summed E-state index contributed by atoms with van der Waals surface area (Å²) in [5.74, 6) is -0.308. The van der Waals surface area contributed by atoms with Crippen LogP contribution in [0.1, 0.15) is 16.1 Å². The van der Waals surface area contributed by atoms with Gasteiger partial charge in [0.05, 0.1) is 25.5 Å². The molecule has 1 aromatic carbocycles. The minimum absolute atomic E-state index is 0.0109. The second-order valence-corrected chi connectivity index (χ2v) is 4.34. The van der Waals surface area contributed by atoms with E-state index in [0.29, 0.717) is 17.0 Å². The first-order chi connectivity index (χ1) is 10.3. The Morgan fingerprint density at radius 2 is 1.73 bits per heavy atom. The van der Waals surface area contributed by atoms with Crippen molar-refractivity contribution in [2.45, 2.75) is 6.18 Å². The number of nitrogens with zero attached hydrogens (tertiary/aromatic N) is 1. The third-order valence-electron chi connectivity index (χ3n) is 2.94. The minimum atomic E-state index is -4.41. The van der Waals surface area contributed by atoms with Gasteiger partial charge >= 0.3 is 12.1 Å². The summed E-state index contributed by atoms with van der Waals surface area (Å²) < 4.78 is 47.3. The molecule has 1 aromatic heterocycles. The van der Waals surface area contributed by atoms with E-state index < -0.39 is 17.7 Å². The fraction of sp³-hybridized carbons (Fsp3) is 0.200. The lowest BCUT2D eigenvalue weighted by molar-refractivity contribution is -0.137. The van der Waals surface area contributed by atoms with Crippen LogP contribution in [0, 0.1) is 0 Å². The van der Waals surface area contributed by atoms with E-state index in [1.807, 2.05) is 0 Å². The molecular formula is C15H12F3NO3. The largest absolute Gasteiger partial charge is 0.497 e. The molecule has 0 saturated carbocycles. The molecule has 0 atom stereocenters. The third-order valence-corrected chi connectivity index (χ3v) is 2.94. The number of methoxy groups -OCH3 is 2. The molecule has 0 aliphatic rings. The van der Waals surface area contributed by atoms with Crippen molar-refractivity contribution in [3.05, 3.63) is 47.7 Å². The average Bonchev–Trinajstić information content (AvgIpc) is 2.52. The fourth-order valence-corrected chi connectivity index (χ4v) is 1.81. The Morgan fingerprint density at radius 1 is 1.09 bits per heavy atom. The Labute approximate surface area is 124 Å².